The molecular formula is C12H22N4O. The molecule has 0 aromatic heterocycles. The van der Waals surface area contributed by atoms with E-state index in [9.17, 15) is 0 Å². The number of rotatable bonds is 6. The van der Waals surface area contributed by atoms with Crippen LogP contribution in [-0.2, 0) is 4.74 Å². The summed E-state index contributed by atoms with van der Waals surface area (Å²) in [6.07, 6.45) is 5.23. The highest BCUT2D eigenvalue weighted by Gasteiger charge is 2.16. The Kier molecular flexibility index (Phi) is 6.41. The lowest BCUT2D eigenvalue weighted by molar-refractivity contribution is 0.176. The molecule has 1 aliphatic rings. The van der Waals surface area contributed by atoms with Crippen molar-refractivity contribution in [2.75, 3.05) is 26.8 Å². The molecule has 1 saturated carbocycles. The largest absolute Gasteiger partial charge is 0.383 e. The number of methoxy groups -OCH3 is 1. The first kappa shape index (κ1) is 13.8. The van der Waals surface area contributed by atoms with E-state index in [-0.39, 0.29) is 0 Å². The van der Waals surface area contributed by atoms with Gasteiger partial charge in [-0.05, 0) is 12.8 Å². The fourth-order valence-electron chi connectivity index (χ4n) is 2.03. The van der Waals surface area contributed by atoms with Gasteiger partial charge in [0, 0.05) is 20.2 Å². The number of guanidine groups is 1. The normalized spacial score (nSPS) is 17.1. The second-order valence-corrected chi connectivity index (χ2v) is 4.31. The molecule has 96 valence electrons. The molecule has 0 aromatic rings. The van der Waals surface area contributed by atoms with Crippen LogP contribution in [0.25, 0.3) is 0 Å². The second-order valence-electron chi connectivity index (χ2n) is 4.31. The van der Waals surface area contributed by atoms with E-state index in [4.69, 9.17) is 15.7 Å². The molecular weight excluding hydrogens is 216 g/mol. The Balaban J connectivity index is 2.50. The molecule has 0 aromatic carbocycles. The number of hydrogen-bond donors (Lipinski definition) is 1. The number of aliphatic imine (C=N–C) groups is 1. The van der Waals surface area contributed by atoms with E-state index in [0.717, 1.165) is 12.8 Å². The zero-order valence-electron chi connectivity index (χ0n) is 10.6. The minimum Gasteiger partial charge on any atom is -0.383 e. The van der Waals surface area contributed by atoms with Crippen molar-refractivity contribution >= 4 is 5.96 Å². The van der Waals surface area contributed by atoms with Gasteiger partial charge in [-0.3, -0.25) is 0 Å². The summed E-state index contributed by atoms with van der Waals surface area (Å²) in [6.45, 7) is 1.93. The third kappa shape index (κ3) is 5.05. The molecule has 0 aliphatic heterocycles. The van der Waals surface area contributed by atoms with Crippen molar-refractivity contribution in [2.45, 2.75) is 38.1 Å². The highest BCUT2D eigenvalue weighted by atomic mass is 16.5. The minimum atomic E-state index is 0.377. The van der Waals surface area contributed by atoms with Crippen LogP contribution in [0.1, 0.15) is 32.1 Å². The van der Waals surface area contributed by atoms with Gasteiger partial charge in [-0.1, -0.05) is 12.8 Å². The van der Waals surface area contributed by atoms with E-state index >= 15 is 0 Å². The van der Waals surface area contributed by atoms with Gasteiger partial charge in [0.15, 0.2) is 5.96 Å². The summed E-state index contributed by atoms with van der Waals surface area (Å²) in [5, 5.41) is 8.62. The van der Waals surface area contributed by atoms with Gasteiger partial charge in [-0.2, -0.15) is 5.26 Å². The predicted molar refractivity (Wildman–Crippen MR) is 67.6 cm³/mol. The Labute approximate surface area is 103 Å². The smallest absolute Gasteiger partial charge is 0.191 e. The molecule has 0 saturated heterocycles. The van der Waals surface area contributed by atoms with Crippen molar-refractivity contribution in [3.63, 3.8) is 0 Å². The first-order valence-electron chi connectivity index (χ1n) is 6.22. The Morgan fingerprint density at radius 1 is 1.47 bits per heavy atom. The van der Waals surface area contributed by atoms with Gasteiger partial charge < -0.3 is 15.4 Å². The van der Waals surface area contributed by atoms with Crippen molar-refractivity contribution in [3.05, 3.63) is 0 Å². The van der Waals surface area contributed by atoms with Crippen LogP contribution in [0.15, 0.2) is 4.99 Å². The molecule has 0 radical (unpaired) electrons. The number of ether oxygens (including phenoxy) is 1. The van der Waals surface area contributed by atoms with Gasteiger partial charge in [-0.15, -0.1) is 0 Å². The summed E-state index contributed by atoms with van der Waals surface area (Å²) < 4.78 is 5.04. The van der Waals surface area contributed by atoms with Gasteiger partial charge in [-0.25, -0.2) is 4.99 Å². The highest BCUT2D eigenvalue weighted by molar-refractivity contribution is 5.78. The van der Waals surface area contributed by atoms with Crippen LogP contribution in [0.3, 0.4) is 0 Å². The van der Waals surface area contributed by atoms with E-state index < -0.39 is 0 Å². The summed E-state index contributed by atoms with van der Waals surface area (Å²) in [5.41, 5.74) is 5.99. The van der Waals surface area contributed by atoms with E-state index in [2.05, 4.69) is 11.1 Å². The standard InChI is InChI=1S/C12H22N4O/c1-17-10-9-16(8-4-7-13)12(14)15-11-5-2-3-6-11/h11H,2-6,8-10H2,1H3,(H2,14,15). The lowest BCUT2D eigenvalue weighted by Crippen LogP contribution is -2.40. The lowest BCUT2D eigenvalue weighted by atomic mass is 10.3. The van der Waals surface area contributed by atoms with Gasteiger partial charge in [0.25, 0.3) is 0 Å². The van der Waals surface area contributed by atoms with Gasteiger partial charge in [0.05, 0.1) is 25.1 Å². The maximum absolute atomic E-state index is 8.62. The van der Waals surface area contributed by atoms with Crippen molar-refractivity contribution < 1.29 is 4.74 Å². The fraction of sp³-hybridized carbons (Fsp3) is 0.833. The molecule has 0 spiro atoms. The highest BCUT2D eigenvalue weighted by Crippen LogP contribution is 2.20. The summed E-state index contributed by atoms with van der Waals surface area (Å²) in [7, 11) is 1.66. The van der Waals surface area contributed by atoms with E-state index in [1.165, 1.54) is 12.8 Å². The molecule has 1 fully saturated rings. The maximum Gasteiger partial charge on any atom is 0.191 e. The average Bonchev–Trinajstić information content (AvgIpc) is 2.82. The first-order valence-corrected chi connectivity index (χ1v) is 6.22. The first-order chi connectivity index (χ1) is 8.27. The summed E-state index contributed by atoms with van der Waals surface area (Å²) >= 11 is 0. The summed E-state index contributed by atoms with van der Waals surface area (Å²) in [5.74, 6) is 0.559. The Bertz CT molecular complexity index is 279. The zero-order valence-corrected chi connectivity index (χ0v) is 10.6. The van der Waals surface area contributed by atoms with Gasteiger partial charge >= 0.3 is 0 Å². The molecule has 2 N–H and O–H groups in total. The van der Waals surface area contributed by atoms with Crippen LogP contribution < -0.4 is 5.73 Å². The molecule has 17 heavy (non-hydrogen) atoms. The van der Waals surface area contributed by atoms with Crippen LogP contribution in [0, 0.1) is 11.3 Å². The van der Waals surface area contributed by atoms with Gasteiger partial charge in [0.1, 0.15) is 0 Å². The fourth-order valence-corrected chi connectivity index (χ4v) is 2.03. The van der Waals surface area contributed by atoms with E-state index in [1.54, 1.807) is 7.11 Å². The van der Waals surface area contributed by atoms with Crippen LogP contribution >= 0.6 is 0 Å². The van der Waals surface area contributed by atoms with E-state index in [1.807, 2.05) is 4.90 Å². The third-order valence-corrected chi connectivity index (χ3v) is 3.02. The molecule has 0 unspecified atom stereocenters. The van der Waals surface area contributed by atoms with E-state index in [0.29, 0.717) is 38.1 Å². The quantitative estimate of drug-likeness (QED) is 0.555. The molecule has 0 heterocycles. The second kappa shape index (κ2) is 7.91. The Morgan fingerprint density at radius 2 is 2.18 bits per heavy atom. The summed E-state index contributed by atoms with van der Waals surface area (Å²) in [4.78, 5) is 6.47. The minimum absolute atomic E-state index is 0.377. The predicted octanol–water partition coefficient (Wildman–Crippen LogP) is 1.11. The zero-order chi connectivity index (χ0) is 12.5. The molecule has 1 aliphatic carbocycles. The lowest BCUT2D eigenvalue weighted by Gasteiger charge is -2.23. The third-order valence-electron chi connectivity index (χ3n) is 3.02. The maximum atomic E-state index is 8.62. The number of hydrogen-bond acceptors (Lipinski definition) is 3. The number of nitrogens with two attached hydrogens (primary N) is 1. The monoisotopic (exact) mass is 238 g/mol. The Hall–Kier alpha value is -1.28. The molecule has 5 nitrogen and oxygen atoms in total. The van der Waals surface area contributed by atoms with Crippen molar-refractivity contribution in [3.8, 4) is 6.07 Å². The molecule has 0 amide bonds. The molecule has 0 bridgehead atoms. The van der Waals surface area contributed by atoms with Crippen LogP contribution in [0.2, 0.25) is 0 Å². The topological polar surface area (TPSA) is 74.6 Å². The number of nitriles is 1. The average molecular weight is 238 g/mol. The van der Waals surface area contributed by atoms with Gasteiger partial charge in [0.2, 0.25) is 0 Å². The molecule has 5 heteroatoms. The molecule has 0 atom stereocenters. The Morgan fingerprint density at radius 3 is 2.76 bits per heavy atom. The molecule has 1 rings (SSSR count). The number of nitrogens with zero attached hydrogens (tertiary/aromatic N) is 3. The summed E-state index contributed by atoms with van der Waals surface area (Å²) in [6, 6.07) is 2.51. The van der Waals surface area contributed by atoms with Crippen LogP contribution in [-0.4, -0.2) is 43.7 Å². The van der Waals surface area contributed by atoms with Crippen molar-refractivity contribution in [1.82, 2.24) is 4.90 Å². The SMILES string of the molecule is COCCN(CCC#N)C(N)=NC1CCCC1. The van der Waals surface area contributed by atoms with Crippen LogP contribution in [0.4, 0.5) is 0 Å². The van der Waals surface area contributed by atoms with Crippen molar-refractivity contribution in [2.24, 2.45) is 10.7 Å². The van der Waals surface area contributed by atoms with Crippen LogP contribution in [0.5, 0.6) is 0 Å². The van der Waals surface area contributed by atoms with Crippen molar-refractivity contribution in [1.29, 1.82) is 5.26 Å².